The van der Waals surface area contributed by atoms with Crippen LogP contribution < -0.4 is 25.0 Å². The predicted molar refractivity (Wildman–Crippen MR) is 103 cm³/mol. The summed E-state index contributed by atoms with van der Waals surface area (Å²) in [6.45, 7) is 1.40. The average molecular weight is 387 g/mol. The molecule has 2 rings (SSSR count). The maximum absolute atomic E-state index is 12.0. The van der Waals surface area contributed by atoms with Gasteiger partial charge in [-0.3, -0.25) is 0 Å². The first-order chi connectivity index (χ1) is 13.5. The first kappa shape index (κ1) is 20.6. The third kappa shape index (κ3) is 5.37. The minimum absolute atomic E-state index is 0.204. The summed E-state index contributed by atoms with van der Waals surface area (Å²) >= 11 is 0. The van der Waals surface area contributed by atoms with E-state index in [1.165, 1.54) is 27.4 Å². The number of aliphatic carboxylic acids is 1. The van der Waals surface area contributed by atoms with Gasteiger partial charge in [0, 0.05) is 5.56 Å². The summed E-state index contributed by atoms with van der Waals surface area (Å²) in [6, 6.07) is 11.3. The van der Waals surface area contributed by atoms with Gasteiger partial charge >= 0.3 is 12.0 Å². The minimum Gasteiger partial charge on any atom is -0.495 e. The smallest absolute Gasteiger partial charge is 0.344 e. The Labute approximate surface area is 161 Å². The van der Waals surface area contributed by atoms with Crippen LogP contribution in [0.2, 0.25) is 0 Å². The van der Waals surface area contributed by atoms with Crippen molar-refractivity contribution in [2.45, 2.75) is 13.0 Å². The van der Waals surface area contributed by atoms with E-state index in [4.69, 9.17) is 19.3 Å². The fraction of sp³-hybridized carbons (Fsp3) is 0.211. The Bertz CT molecular complexity index is 868. The van der Waals surface area contributed by atoms with Crippen molar-refractivity contribution in [1.29, 1.82) is 0 Å². The Balaban J connectivity index is 2.11. The molecule has 0 radical (unpaired) electrons. The number of rotatable bonds is 8. The second-order valence-electron chi connectivity index (χ2n) is 5.50. The van der Waals surface area contributed by atoms with Gasteiger partial charge in [-0.1, -0.05) is 18.2 Å². The van der Waals surface area contributed by atoms with Crippen LogP contribution in [-0.4, -0.2) is 43.6 Å². The van der Waals surface area contributed by atoms with Crippen molar-refractivity contribution in [3.05, 3.63) is 48.0 Å². The number of nitrogens with one attached hydrogen (secondary N) is 2. The molecule has 1 atom stereocenters. The molecule has 0 fully saturated rings. The molecule has 9 heteroatoms. The molecule has 0 aromatic heterocycles. The molecule has 2 amide bonds. The fourth-order valence-corrected chi connectivity index (χ4v) is 2.21. The second kappa shape index (κ2) is 9.81. The molecular formula is C19H21N3O6. The zero-order chi connectivity index (χ0) is 20.5. The summed E-state index contributed by atoms with van der Waals surface area (Å²) in [5.41, 5.74) is 3.24. The monoisotopic (exact) mass is 387 g/mol. The number of benzene rings is 2. The van der Waals surface area contributed by atoms with E-state index in [1.54, 1.807) is 42.5 Å². The van der Waals surface area contributed by atoms with Crippen molar-refractivity contribution in [2.24, 2.45) is 5.10 Å². The Kier molecular flexibility index (Phi) is 7.21. The van der Waals surface area contributed by atoms with Gasteiger partial charge in [-0.25, -0.2) is 15.0 Å². The van der Waals surface area contributed by atoms with Gasteiger partial charge in [0.2, 0.25) is 0 Å². The van der Waals surface area contributed by atoms with Gasteiger partial charge in [-0.05, 0) is 31.2 Å². The van der Waals surface area contributed by atoms with E-state index in [1.807, 2.05) is 0 Å². The van der Waals surface area contributed by atoms with Gasteiger partial charge in [0.1, 0.15) is 5.75 Å². The number of urea groups is 1. The maximum Gasteiger partial charge on any atom is 0.344 e. The highest BCUT2D eigenvalue weighted by atomic mass is 16.5. The van der Waals surface area contributed by atoms with Gasteiger partial charge in [-0.15, -0.1) is 0 Å². The lowest BCUT2D eigenvalue weighted by molar-refractivity contribution is -0.144. The first-order valence-electron chi connectivity index (χ1n) is 8.25. The van der Waals surface area contributed by atoms with Crippen LogP contribution in [0, 0.1) is 0 Å². The molecule has 0 unspecified atom stereocenters. The zero-order valence-corrected chi connectivity index (χ0v) is 15.6. The van der Waals surface area contributed by atoms with Crippen LogP contribution in [0.25, 0.3) is 0 Å². The summed E-state index contributed by atoms with van der Waals surface area (Å²) in [5.74, 6) is -0.0676. The molecule has 3 N–H and O–H groups in total. The largest absolute Gasteiger partial charge is 0.495 e. The highest BCUT2D eigenvalue weighted by molar-refractivity contribution is 5.92. The summed E-state index contributed by atoms with van der Waals surface area (Å²) in [5, 5.41) is 15.5. The Morgan fingerprint density at radius 3 is 2.43 bits per heavy atom. The normalized spacial score (nSPS) is 11.5. The molecule has 0 aliphatic heterocycles. The maximum atomic E-state index is 12.0. The zero-order valence-electron chi connectivity index (χ0n) is 15.6. The standard InChI is InChI=1S/C19H21N3O6/c1-12(18(23)24)28-17-13(7-6-10-16(17)27-3)11-20-22-19(25)21-14-8-4-5-9-15(14)26-2/h4-12H,1-3H3,(H,23,24)(H2,21,22,25)/b20-11+/t12-/m0/s1. The van der Waals surface area contributed by atoms with Crippen molar-refractivity contribution >= 4 is 23.9 Å². The lowest BCUT2D eigenvalue weighted by Crippen LogP contribution is -2.25. The van der Waals surface area contributed by atoms with Crippen molar-refractivity contribution in [1.82, 2.24) is 5.43 Å². The van der Waals surface area contributed by atoms with E-state index < -0.39 is 18.1 Å². The molecule has 0 aliphatic carbocycles. The van der Waals surface area contributed by atoms with E-state index in [2.05, 4.69) is 15.8 Å². The topological polar surface area (TPSA) is 118 Å². The van der Waals surface area contributed by atoms with Crippen molar-refractivity contribution in [2.75, 3.05) is 19.5 Å². The molecule has 2 aromatic carbocycles. The first-order valence-corrected chi connectivity index (χ1v) is 8.25. The van der Waals surface area contributed by atoms with Gasteiger partial charge in [0.25, 0.3) is 0 Å². The Morgan fingerprint density at radius 2 is 1.75 bits per heavy atom. The number of hydrazone groups is 1. The summed E-state index contributed by atoms with van der Waals surface area (Å²) < 4.78 is 15.8. The van der Waals surface area contributed by atoms with Crippen LogP contribution in [-0.2, 0) is 4.79 Å². The third-order valence-electron chi connectivity index (χ3n) is 3.60. The van der Waals surface area contributed by atoms with Crippen LogP contribution in [0.4, 0.5) is 10.5 Å². The van der Waals surface area contributed by atoms with Crippen molar-refractivity contribution < 1.29 is 28.9 Å². The van der Waals surface area contributed by atoms with Gasteiger partial charge < -0.3 is 24.6 Å². The molecule has 9 nitrogen and oxygen atoms in total. The molecule has 0 aliphatic rings. The summed E-state index contributed by atoms with van der Waals surface area (Å²) in [4.78, 5) is 23.1. The minimum atomic E-state index is -1.12. The SMILES string of the molecule is COc1ccccc1NC(=O)N/N=C/c1cccc(OC)c1O[C@@H](C)C(=O)O. The lowest BCUT2D eigenvalue weighted by Gasteiger charge is -2.15. The summed E-state index contributed by atoms with van der Waals surface area (Å²) in [6.07, 6.45) is 0.235. The van der Waals surface area contributed by atoms with Crippen LogP contribution in [0.1, 0.15) is 12.5 Å². The van der Waals surface area contributed by atoms with Crippen LogP contribution in [0.3, 0.4) is 0 Å². The van der Waals surface area contributed by atoms with E-state index in [0.717, 1.165) is 0 Å². The second-order valence-corrected chi connectivity index (χ2v) is 5.50. The number of carbonyl (C=O) groups is 2. The molecule has 2 aromatic rings. The van der Waals surface area contributed by atoms with Gasteiger partial charge in [-0.2, -0.15) is 5.10 Å². The number of carboxylic acid groups (broad SMARTS) is 1. The van der Waals surface area contributed by atoms with Crippen LogP contribution >= 0.6 is 0 Å². The van der Waals surface area contributed by atoms with E-state index in [0.29, 0.717) is 22.7 Å². The molecule has 148 valence electrons. The lowest BCUT2D eigenvalue weighted by atomic mass is 10.2. The number of nitrogens with zero attached hydrogens (tertiary/aromatic N) is 1. The van der Waals surface area contributed by atoms with Crippen LogP contribution in [0.15, 0.2) is 47.6 Å². The number of carboxylic acids is 1. The third-order valence-corrected chi connectivity index (χ3v) is 3.60. The number of hydrogen-bond acceptors (Lipinski definition) is 6. The van der Waals surface area contributed by atoms with Gasteiger partial charge in [0.15, 0.2) is 17.6 Å². The van der Waals surface area contributed by atoms with Gasteiger partial charge in [0.05, 0.1) is 26.1 Å². The Morgan fingerprint density at radius 1 is 1.07 bits per heavy atom. The van der Waals surface area contributed by atoms with Crippen molar-refractivity contribution in [3.63, 3.8) is 0 Å². The van der Waals surface area contributed by atoms with Crippen LogP contribution in [0.5, 0.6) is 17.2 Å². The molecule has 0 saturated carbocycles. The number of ether oxygens (including phenoxy) is 3. The highest BCUT2D eigenvalue weighted by Crippen LogP contribution is 2.31. The molecule has 0 spiro atoms. The molecule has 28 heavy (non-hydrogen) atoms. The summed E-state index contributed by atoms with van der Waals surface area (Å²) in [7, 11) is 2.94. The van der Waals surface area contributed by atoms with E-state index in [-0.39, 0.29) is 5.75 Å². The fourth-order valence-electron chi connectivity index (χ4n) is 2.21. The number of hydrogen-bond donors (Lipinski definition) is 3. The molecule has 0 heterocycles. The number of carbonyl (C=O) groups excluding carboxylic acids is 1. The van der Waals surface area contributed by atoms with Crippen molar-refractivity contribution in [3.8, 4) is 17.2 Å². The molecule has 0 saturated heterocycles. The number of anilines is 1. The highest BCUT2D eigenvalue weighted by Gasteiger charge is 2.18. The molecular weight excluding hydrogens is 366 g/mol. The number of para-hydroxylation sites is 3. The quantitative estimate of drug-likeness (QED) is 0.473. The van der Waals surface area contributed by atoms with E-state index in [9.17, 15) is 9.59 Å². The predicted octanol–water partition coefficient (Wildman–Crippen LogP) is 2.71. The average Bonchev–Trinajstić information content (AvgIpc) is 2.69. The molecule has 0 bridgehead atoms. The number of amides is 2. The van der Waals surface area contributed by atoms with E-state index >= 15 is 0 Å². The number of methoxy groups -OCH3 is 2. The Hall–Kier alpha value is -3.75.